The van der Waals surface area contributed by atoms with Crippen molar-refractivity contribution in [2.45, 2.75) is 180 Å². The van der Waals surface area contributed by atoms with E-state index in [4.69, 9.17) is 19.3 Å². The average Bonchev–Trinajstić information content (AvgIpc) is 3.32. The van der Waals surface area contributed by atoms with Crippen LogP contribution >= 0.6 is 7.82 Å². The van der Waals surface area contributed by atoms with Crippen molar-refractivity contribution in [2.24, 2.45) is 17.8 Å². The van der Waals surface area contributed by atoms with Gasteiger partial charge in [0.25, 0.3) is 0 Å². The molecule has 1 aliphatic rings. The van der Waals surface area contributed by atoms with E-state index < -0.39 is 69.2 Å². The first-order chi connectivity index (χ1) is 24.2. The number of Topliss-reactive ketones (excluding diaryl/α,β-unsaturated/α-hetero) is 1. The smallest absolute Gasteiger partial charge is 0.462 e. The number of ether oxygens (including phenoxy) is 2. The van der Waals surface area contributed by atoms with Gasteiger partial charge in [-0.05, 0) is 31.6 Å². The highest BCUT2D eigenvalue weighted by Crippen LogP contribution is 2.37. The number of aliphatic hydroxyl groups excluding tert-OH is 3. The Morgan fingerprint density at radius 1 is 0.765 bits per heavy atom. The van der Waals surface area contributed by atoms with E-state index in [1.165, 1.54) is 38.5 Å². The van der Waals surface area contributed by atoms with Crippen LogP contribution in [0.4, 0.5) is 0 Å². The molecule has 0 amide bonds. The van der Waals surface area contributed by atoms with Crippen molar-refractivity contribution in [1.82, 2.24) is 0 Å². The van der Waals surface area contributed by atoms with E-state index in [9.17, 15) is 34.3 Å². The number of carbonyl (C=O) groups is 3. The summed E-state index contributed by atoms with van der Waals surface area (Å²) < 4.78 is 26.2. The van der Waals surface area contributed by atoms with Gasteiger partial charge in [0.15, 0.2) is 6.10 Å². The second-order valence-corrected chi connectivity index (χ2v) is 15.9. The fraction of sp³-hybridized carbons (Fsp3) is 0.868. The number of esters is 2. The minimum absolute atomic E-state index is 0.0166. The molecule has 1 aliphatic carbocycles. The SMILES string of the molecule is CCCCC[C@H](O)/C=C/[C@@H]1[C@@H](CC(=O)CCCCC(=O)OC[C@H](COP(=O)(O)O)OC(=O)CCCCCCCCCCCC(C)C)[C@@H](O)C[C@H]1O. The maximum atomic E-state index is 12.7. The molecule has 12 nitrogen and oxygen atoms in total. The lowest BCUT2D eigenvalue weighted by molar-refractivity contribution is -0.161. The number of hydrogen-bond acceptors (Lipinski definition) is 10. The standard InChI is InChI=1S/C38H69O12P/c1-4-5-13-19-30(39)23-24-33-34(36(42)26-35(33)41)25-31(40)20-16-17-21-37(43)48-27-32(28-49-51(45,46)47)50-38(44)22-15-12-10-8-6-7-9-11-14-18-29(2)3/h23-24,29-30,32-36,39,41-42H,4-22,25-28H2,1-3H3,(H2,45,46,47)/b24-23+/t30-,32+,33+,34+,35+,36-/m0/s1. The Hall–Kier alpha value is -1.66. The molecular formula is C38H69O12P. The van der Waals surface area contributed by atoms with Gasteiger partial charge in [-0.25, -0.2) is 4.57 Å². The van der Waals surface area contributed by atoms with Crippen LogP contribution in [0.15, 0.2) is 12.2 Å². The van der Waals surface area contributed by atoms with E-state index in [0.717, 1.165) is 44.4 Å². The molecule has 0 saturated heterocycles. The van der Waals surface area contributed by atoms with Gasteiger partial charge in [0.05, 0.1) is 24.9 Å². The molecule has 0 unspecified atom stereocenters. The van der Waals surface area contributed by atoms with Crippen LogP contribution < -0.4 is 0 Å². The second-order valence-electron chi connectivity index (χ2n) is 14.7. The number of rotatable bonds is 31. The molecule has 0 spiro atoms. The number of phosphoric ester groups is 1. The van der Waals surface area contributed by atoms with Crippen molar-refractivity contribution in [3.05, 3.63) is 12.2 Å². The van der Waals surface area contributed by atoms with Crippen molar-refractivity contribution < 1.29 is 58.1 Å². The first-order valence-corrected chi connectivity index (χ1v) is 21.0. The number of hydrogen-bond donors (Lipinski definition) is 5. The van der Waals surface area contributed by atoms with Gasteiger partial charge in [0, 0.05) is 43.9 Å². The molecule has 0 heterocycles. The molecule has 0 aliphatic heterocycles. The number of aliphatic hydroxyl groups is 3. The first-order valence-electron chi connectivity index (χ1n) is 19.5. The Kier molecular flexibility index (Phi) is 25.9. The van der Waals surface area contributed by atoms with E-state index >= 15 is 0 Å². The molecule has 0 radical (unpaired) electrons. The van der Waals surface area contributed by atoms with Gasteiger partial charge in [-0.15, -0.1) is 0 Å². The van der Waals surface area contributed by atoms with Crippen LogP contribution in [0.1, 0.15) is 156 Å². The molecule has 0 bridgehead atoms. The number of carbonyl (C=O) groups excluding carboxylic acids is 3. The number of unbranched alkanes of at least 4 members (excludes halogenated alkanes) is 11. The maximum absolute atomic E-state index is 12.7. The highest BCUT2D eigenvalue weighted by Gasteiger charge is 2.41. The lowest BCUT2D eigenvalue weighted by Crippen LogP contribution is -2.29. The van der Waals surface area contributed by atoms with E-state index in [-0.39, 0.29) is 37.9 Å². The van der Waals surface area contributed by atoms with Crippen molar-refractivity contribution in [3.63, 3.8) is 0 Å². The molecule has 13 heteroatoms. The monoisotopic (exact) mass is 748 g/mol. The number of phosphoric acid groups is 1. The third kappa shape index (κ3) is 25.1. The molecule has 0 aromatic carbocycles. The predicted octanol–water partition coefficient (Wildman–Crippen LogP) is 6.87. The summed E-state index contributed by atoms with van der Waals surface area (Å²) in [6.45, 7) is 5.52. The zero-order chi connectivity index (χ0) is 38.1. The Morgan fingerprint density at radius 3 is 1.96 bits per heavy atom. The van der Waals surface area contributed by atoms with Crippen molar-refractivity contribution in [2.75, 3.05) is 13.2 Å². The fourth-order valence-corrected chi connectivity index (χ4v) is 6.80. The van der Waals surface area contributed by atoms with Gasteiger partial charge in [-0.3, -0.25) is 18.9 Å². The molecule has 6 atom stereocenters. The summed E-state index contributed by atoms with van der Waals surface area (Å²) in [6, 6.07) is 0. The number of ketones is 1. The van der Waals surface area contributed by atoms with Crippen LogP contribution in [0.25, 0.3) is 0 Å². The molecule has 0 aromatic heterocycles. The molecule has 0 aromatic rings. The molecule has 1 fully saturated rings. The summed E-state index contributed by atoms with van der Waals surface area (Å²) >= 11 is 0. The quantitative estimate of drug-likeness (QED) is 0.0214. The Labute approximate surface area is 306 Å². The molecule has 298 valence electrons. The van der Waals surface area contributed by atoms with E-state index in [2.05, 4.69) is 25.3 Å². The second kappa shape index (κ2) is 27.9. The van der Waals surface area contributed by atoms with Crippen LogP contribution in [0.2, 0.25) is 0 Å². The topological polar surface area (TPSA) is 197 Å². The van der Waals surface area contributed by atoms with Gasteiger partial charge in [0.1, 0.15) is 12.4 Å². The third-order valence-electron chi connectivity index (χ3n) is 9.44. The summed E-state index contributed by atoms with van der Waals surface area (Å²) in [6.07, 6.45) is 15.9. The van der Waals surface area contributed by atoms with Crippen molar-refractivity contribution in [1.29, 1.82) is 0 Å². The average molecular weight is 749 g/mol. The molecule has 5 N–H and O–H groups in total. The third-order valence-corrected chi connectivity index (χ3v) is 9.93. The minimum Gasteiger partial charge on any atom is -0.462 e. The Bertz CT molecular complexity index is 1030. The van der Waals surface area contributed by atoms with Crippen molar-refractivity contribution >= 4 is 25.5 Å². The summed E-state index contributed by atoms with van der Waals surface area (Å²) in [5, 5.41) is 31.1. The van der Waals surface area contributed by atoms with Crippen LogP contribution in [0.5, 0.6) is 0 Å². The van der Waals surface area contributed by atoms with Gasteiger partial charge in [-0.1, -0.05) is 110 Å². The minimum atomic E-state index is -4.84. The first kappa shape index (κ1) is 47.4. The maximum Gasteiger partial charge on any atom is 0.469 e. The van der Waals surface area contributed by atoms with Gasteiger partial charge < -0.3 is 34.6 Å². The molecule has 1 rings (SSSR count). The lowest BCUT2D eigenvalue weighted by Gasteiger charge is -2.20. The van der Waals surface area contributed by atoms with E-state index in [1.54, 1.807) is 12.2 Å². The van der Waals surface area contributed by atoms with Gasteiger partial charge in [0.2, 0.25) is 0 Å². The summed E-state index contributed by atoms with van der Waals surface area (Å²) in [5.41, 5.74) is 0. The fourth-order valence-electron chi connectivity index (χ4n) is 6.44. The highest BCUT2D eigenvalue weighted by molar-refractivity contribution is 7.46. The van der Waals surface area contributed by atoms with Crippen LogP contribution in [0, 0.1) is 17.8 Å². The van der Waals surface area contributed by atoms with E-state index in [1.807, 2.05) is 0 Å². The zero-order valence-electron chi connectivity index (χ0n) is 31.5. The largest absolute Gasteiger partial charge is 0.469 e. The summed E-state index contributed by atoms with van der Waals surface area (Å²) in [4.78, 5) is 55.6. The predicted molar refractivity (Wildman–Crippen MR) is 195 cm³/mol. The Balaban J connectivity index is 2.36. The molecule has 51 heavy (non-hydrogen) atoms. The zero-order valence-corrected chi connectivity index (χ0v) is 32.4. The van der Waals surface area contributed by atoms with Gasteiger partial charge in [-0.2, -0.15) is 0 Å². The Morgan fingerprint density at radius 2 is 1.33 bits per heavy atom. The lowest BCUT2D eigenvalue weighted by atomic mass is 9.87. The van der Waals surface area contributed by atoms with Crippen molar-refractivity contribution in [3.8, 4) is 0 Å². The molecular weight excluding hydrogens is 679 g/mol. The van der Waals surface area contributed by atoms with Crippen LogP contribution in [-0.2, 0) is 32.9 Å². The summed E-state index contributed by atoms with van der Waals surface area (Å²) in [7, 11) is -4.84. The molecule has 1 saturated carbocycles. The highest BCUT2D eigenvalue weighted by atomic mass is 31.2. The normalized spacial score (nSPS) is 20.6. The summed E-state index contributed by atoms with van der Waals surface area (Å²) in [5.74, 6) is -1.40. The van der Waals surface area contributed by atoms with Crippen LogP contribution in [0.3, 0.4) is 0 Å². The van der Waals surface area contributed by atoms with Gasteiger partial charge >= 0.3 is 19.8 Å². The van der Waals surface area contributed by atoms with E-state index in [0.29, 0.717) is 25.7 Å². The van der Waals surface area contributed by atoms with Crippen LogP contribution in [-0.4, -0.2) is 80.5 Å².